The number of thiazole rings is 1. The first kappa shape index (κ1) is 24.8. The number of H-pyrrole nitrogens is 1. The highest BCUT2D eigenvalue weighted by atomic mass is 32.2. The first-order valence-electron chi connectivity index (χ1n) is 11.3. The van der Waals surface area contributed by atoms with E-state index in [2.05, 4.69) is 10.3 Å². The lowest BCUT2D eigenvalue weighted by molar-refractivity contribution is -0.149. The zero-order valence-electron chi connectivity index (χ0n) is 19.4. The van der Waals surface area contributed by atoms with E-state index in [1.54, 1.807) is 30.3 Å². The normalized spacial score (nSPS) is 20.4. The Kier molecular flexibility index (Phi) is 6.61. The summed E-state index contributed by atoms with van der Waals surface area (Å²) in [5.41, 5.74) is 2.27. The van der Waals surface area contributed by atoms with Crippen molar-refractivity contribution < 1.29 is 29.0 Å². The van der Waals surface area contributed by atoms with Gasteiger partial charge in [-0.05, 0) is 42.3 Å². The number of hydrogen-bond donors (Lipinski definition) is 3. The summed E-state index contributed by atoms with van der Waals surface area (Å²) >= 11 is 2.03. The van der Waals surface area contributed by atoms with Gasteiger partial charge < -0.3 is 20.1 Å². The molecule has 0 saturated carbocycles. The fourth-order valence-electron chi connectivity index (χ4n) is 4.59. The smallest absolute Gasteiger partial charge is 0.323 e. The number of aromatic nitrogens is 1. The first-order chi connectivity index (χ1) is 17.7. The van der Waals surface area contributed by atoms with Crippen molar-refractivity contribution in [2.45, 2.75) is 23.1 Å². The second kappa shape index (κ2) is 9.87. The highest BCUT2D eigenvalue weighted by Crippen LogP contribution is 2.52. The molecule has 12 heteroatoms. The van der Waals surface area contributed by atoms with Crippen molar-refractivity contribution in [3.8, 4) is 5.75 Å². The van der Waals surface area contributed by atoms with Crippen molar-refractivity contribution in [3.05, 3.63) is 74.2 Å². The molecule has 190 valence electrons. The zero-order valence-corrected chi connectivity index (χ0v) is 21.1. The molecule has 10 nitrogen and oxygen atoms in total. The van der Waals surface area contributed by atoms with E-state index < -0.39 is 41.4 Å². The number of aryl methyl sites for hydroxylation is 1. The van der Waals surface area contributed by atoms with Crippen molar-refractivity contribution in [1.82, 2.24) is 9.88 Å². The number of aliphatic carboxylic acids is 1. The lowest BCUT2D eigenvalue weighted by atomic mass is 9.83. The number of imide groups is 1. The third-order valence-corrected chi connectivity index (χ3v) is 8.50. The molecule has 3 aromatic rings. The number of benzene rings is 2. The van der Waals surface area contributed by atoms with Crippen LogP contribution in [0.15, 0.2) is 58.4 Å². The minimum atomic E-state index is -1.29. The highest BCUT2D eigenvalue weighted by Gasteiger charge is 2.56. The van der Waals surface area contributed by atoms with Crippen LogP contribution in [-0.4, -0.2) is 57.1 Å². The maximum Gasteiger partial charge on any atom is 0.323 e. The summed E-state index contributed by atoms with van der Waals surface area (Å²) < 4.78 is 5.70. The van der Waals surface area contributed by atoms with E-state index in [9.17, 15) is 29.1 Å². The third-order valence-electron chi connectivity index (χ3n) is 6.10. The van der Waals surface area contributed by atoms with E-state index in [1.807, 2.05) is 25.1 Å². The quantitative estimate of drug-likeness (QED) is 0.388. The van der Waals surface area contributed by atoms with Crippen LogP contribution in [0.3, 0.4) is 0 Å². The number of fused-ring (bicyclic) bond motifs is 2. The van der Waals surface area contributed by atoms with Crippen molar-refractivity contribution in [3.63, 3.8) is 0 Å². The number of rotatable bonds is 7. The van der Waals surface area contributed by atoms with Crippen molar-refractivity contribution in [1.29, 1.82) is 0 Å². The number of anilines is 1. The number of carbonyl (C=O) groups is 4. The standard InChI is InChI=1S/C25H21N3O7S2/c1-12-4-2-6-14(8-12)26-16(29)11-35-15-7-3-5-13(9-15)18-19-21(36-22-20(18)37-25(34)27-22)24(33)28(23(19)32)10-17(30)31/h2-9,18-19,21H,10-11H2,1H3,(H,26,29)(H,27,34)(H,30,31)/t18-,19?,21?/m0/s1. The molecule has 0 spiro atoms. The van der Waals surface area contributed by atoms with Crippen LogP contribution in [0.25, 0.3) is 0 Å². The number of aromatic amines is 1. The van der Waals surface area contributed by atoms with Gasteiger partial charge in [0.2, 0.25) is 11.8 Å². The third kappa shape index (κ3) is 4.89. The van der Waals surface area contributed by atoms with Gasteiger partial charge in [0, 0.05) is 16.5 Å². The molecular formula is C25H21N3O7S2. The van der Waals surface area contributed by atoms with E-state index in [-0.39, 0.29) is 17.4 Å². The Bertz CT molecular complexity index is 1480. The van der Waals surface area contributed by atoms with Gasteiger partial charge in [-0.3, -0.25) is 28.9 Å². The van der Waals surface area contributed by atoms with E-state index in [4.69, 9.17) is 4.74 Å². The second-order valence-electron chi connectivity index (χ2n) is 8.68. The molecule has 3 amide bonds. The number of hydrogen-bond acceptors (Lipinski definition) is 8. The van der Waals surface area contributed by atoms with Crippen LogP contribution in [0.5, 0.6) is 5.75 Å². The van der Waals surface area contributed by atoms with Crippen molar-refractivity contribution in [2.24, 2.45) is 5.92 Å². The second-order valence-corrected chi connectivity index (χ2v) is 10.9. The van der Waals surface area contributed by atoms with Crippen LogP contribution < -0.4 is 14.9 Å². The topological polar surface area (TPSA) is 146 Å². The first-order valence-corrected chi connectivity index (χ1v) is 13.0. The fourth-order valence-corrected chi connectivity index (χ4v) is 7.13. The lowest BCUT2D eigenvalue weighted by Crippen LogP contribution is -2.36. The van der Waals surface area contributed by atoms with Gasteiger partial charge in [-0.25, -0.2) is 0 Å². The van der Waals surface area contributed by atoms with E-state index in [1.165, 1.54) is 0 Å². The molecule has 2 unspecified atom stereocenters. The van der Waals surface area contributed by atoms with E-state index >= 15 is 0 Å². The number of nitrogens with one attached hydrogen (secondary N) is 2. The number of thioether (sulfide) groups is 1. The van der Waals surface area contributed by atoms with Gasteiger partial charge in [-0.2, -0.15) is 0 Å². The number of ether oxygens (including phenoxy) is 1. The molecule has 2 aliphatic heterocycles. The number of carboxylic acid groups (broad SMARTS) is 1. The number of carboxylic acids is 1. The number of likely N-dealkylation sites (tertiary alicyclic amines) is 1. The average molecular weight is 540 g/mol. The Morgan fingerprint density at radius 1 is 1.11 bits per heavy atom. The number of nitrogens with zero attached hydrogens (tertiary/aromatic N) is 1. The summed E-state index contributed by atoms with van der Waals surface area (Å²) in [6.45, 7) is 0.944. The van der Waals surface area contributed by atoms with Gasteiger partial charge in [0.05, 0.1) is 10.9 Å². The molecule has 2 aromatic carbocycles. The molecule has 2 aliphatic rings. The van der Waals surface area contributed by atoms with Crippen LogP contribution in [0, 0.1) is 12.8 Å². The number of carbonyl (C=O) groups excluding carboxylic acids is 3. The largest absolute Gasteiger partial charge is 0.484 e. The van der Waals surface area contributed by atoms with Gasteiger partial charge in [-0.15, -0.1) is 0 Å². The molecule has 1 saturated heterocycles. The Labute approximate surface area is 218 Å². The van der Waals surface area contributed by atoms with Crippen LogP contribution >= 0.6 is 23.1 Å². The highest BCUT2D eigenvalue weighted by molar-refractivity contribution is 8.00. The van der Waals surface area contributed by atoms with Gasteiger partial charge in [0.15, 0.2) is 6.61 Å². The SMILES string of the molecule is Cc1cccc(NC(=O)COc2cccc([C@@H]3c4sc(=O)[nH]c4SC4C(=O)N(CC(=O)O)C(=O)C43)c2)c1. The molecule has 3 N–H and O–H groups in total. The van der Waals surface area contributed by atoms with Gasteiger partial charge >= 0.3 is 10.8 Å². The van der Waals surface area contributed by atoms with Gasteiger partial charge in [0.1, 0.15) is 17.5 Å². The average Bonchev–Trinajstić information content (AvgIpc) is 3.33. The maximum atomic E-state index is 13.2. The molecule has 0 bridgehead atoms. The maximum absolute atomic E-state index is 13.2. The Balaban J connectivity index is 1.41. The van der Waals surface area contributed by atoms with Crippen LogP contribution in [-0.2, 0) is 19.2 Å². The fraction of sp³-hybridized carbons (Fsp3) is 0.240. The molecule has 1 aromatic heterocycles. The number of amides is 3. The Hall–Kier alpha value is -3.90. The van der Waals surface area contributed by atoms with Gasteiger partial charge in [0.25, 0.3) is 5.91 Å². The summed E-state index contributed by atoms with van der Waals surface area (Å²) in [5.74, 6) is -3.99. The van der Waals surface area contributed by atoms with Gasteiger partial charge in [-0.1, -0.05) is 47.4 Å². The molecule has 0 aliphatic carbocycles. The van der Waals surface area contributed by atoms with Crippen LogP contribution in [0.2, 0.25) is 0 Å². The van der Waals surface area contributed by atoms with Crippen molar-refractivity contribution >= 4 is 52.5 Å². The predicted molar refractivity (Wildman–Crippen MR) is 136 cm³/mol. The van der Waals surface area contributed by atoms with E-state index in [0.29, 0.717) is 26.9 Å². The molecule has 5 rings (SSSR count). The zero-order chi connectivity index (χ0) is 26.3. The monoisotopic (exact) mass is 539 g/mol. The summed E-state index contributed by atoms with van der Waals surface area (Å²) in [5, 5.41) is 11.6. The molecule has 0 radical (unpaired) electrons. The molecule has 3 atom stereocenters. The minimum Gasteiger partial charge on any atom is -0.484 e. The molecule has 1 fully saturated rings. The van der Waals surface area contributed by atoms with Crippen LogP contribution in [0.4, 0.5) is 5.69 Å². The van der Waals surface area contributed by atoms with Crippen molar-refractivity contribution in [2.75, 3.05) is 18.5 Å². The Morgan fingerprint density at radius 2 is 1.89 bits per heavy atom. The molecule has 3 heterocycles. The summed E-state index contributed by atoms with van der Waals surface area (Å²) in [6.07, 6.45) is 0. The molecular weight excluding hydrogens is 518 g/mol. The predicted octanol–water partition coefficient (Wildman–Crippen LogP) is 2.44. The summed E-state index contributed by atoms with van der Waals surface area (Å²) in [6, 6.07) is 14.2. The van der Waals surface area contributed by atoms with Crippen LogP contribution in [0.1, 0.15) is 21.9 Å². The minimum absolute atomic E-state index is 0.253. The summed E-state index contributed by atoms with van der Waals surface area (Å²) in [7, 11) is 0. The summed E-state index contributed by atoms with van der Waals surface area (Å²) in [4.78, 5) is 65.8. The van der Waals surface area contributed by atoms with E-state index in [0.717, 1.165) is 33.6 Å². The Morgan fingerprint density at radius 3 is 2.65 bits per heavy atom. The molecule has 37 heavy (non-hydrogen) atoms. The lowest BCUT2D eigenvalue weighted by Gasteiger charge is -2.30.